The Hall–Kier alpha value is -11.9. The fourth-order valence-corrected chi connectivity index (χ4v) is 16.9. The van der Waals surface area contributed by atoms with E-state index in [0.29, 0.717) is 29.8 Å². The monoisotopic (exact) mass is 1840 g/mol. The molecule has 1 fully saturated rings. The maximum absolute atomic E-state index is 15.2. The van der Waals surface area contributed by atoms with Gasteiger partial charge in [0.05, 0.1) is 48.9 Å². The molecule has 0 aliphatic carbocycles. The Morgan fingerprint density at radius 1 is 0.766 bits per heavy atom. The zero-order valence-electron chi connectivity index (χ0n) is 73.2. The summed E-state index contributed by atoms with van der Waals surface area (Å²) in [5.74, 6) is -17.7. The maximum atomic E-state index is 15.2. The SMILES string of the molecule is CCC(C)[C@H](CC(=O)[C@H]1CCCCN1C)C(=O)N(COC(=O)CC(C)C)[C@H](C[C@@H](OC(C)=O)c1nc(C(=O)N[C@@H](Cc2ccc(O)cc2)C[C@H](C)C(=O)NNC(=O)OCCSSC[C@H](CC(=O)[C@H](CC(=O)O)NC(=O)[C@H](CCCNC(=N)N)CC(=O)[C@H](C)NC(=O)CC[C@H](NC(=O)c2ccc(NCc3cnc4nc(N)[nH]c(=O)c4n3)cc2)C(=O)O)C(=O)O)cs1)C(C)C. The summed E-state index contributed by atoms with van der Waals surface area (Å²) < 4.78 is 16.9. The van der Waals surface area contributed by atoms with Crippen LogP contribution in [-0.2, 0) is 84.7 Å². The highest BCUT2D eigenvalue weighted by Gasteiger charge is 2.41. The molecular formula is C84H118N18O23S3. The molecule has 0 spiro atoms. The topological polar surface area (TPSA) is 628 Å². The Labute approximate surface area is 751 Å². The van der Waals surface area contributed by atoms with Crippen LogP contribution in [0.3, 0.4) is 0 Å². The van der Waals surface area contributed by atoms with E-state index in [4.69, 9.17) is 31.1 Å². The van der Waals surface area contributed by atoms with E-state index in [-0.39, 0.29) is 145 Å². The average molecular weight is 1840 g/mol. The molecule has 18 N–H and O–H groups in total. The number of anilines is 2. The number of carbonyl (C=O) groups excluding carboxylic acids is 12. The molecule has 1 aliphatic heterocycles. The number of H-pyrrole nitrogens is 1. The summed E-state index contributed by atoms with van der Waals surface area (Å²) in [6, 6.07) is 5.43. The molecule has 5 aromatic rings. The smallest absolute Gasteiger partial charge is 0.426 e. The third-order valence-electron chi connectivity index (χ3n) is 21.3. The lowest BCUT2D eigenvalue weighted by molar-refractivity contribution is -0.162. The molecule has 0 radical (unpaired) electrons. The number of piperidine rings is 1. The molecule has 44 heteroatoms. The van der Waals surface area contributed by atoms with E-state index in [1.807, 2.05) is 53.5 Å². The predicted octanol–water partition coefficient (Wildman–Crippen LogP) is 5.70. The molecule has 12 atom stereocenters. The molecule has 1 aliphatic rings. The number of hydrazine groups is 1. The number of likely N-dealkylation sites (N-methyl/N-ethyl adjacent to an activating group) is 1. The summed E-state index contributed by atoms with van der Waals surface area (Å²) in [6.07, 6.45) is -0.966. The van der Waals surface area contributed by atoms with E-state index < -0.39 is 193 Å². The summed E-state index contributed by atoms with van der Waals surface area (Å²) >= 11 is 1.02. The number of fused-ring (bicyclic) bond motifs is 1. The van der Waals surface area contributed by atoms with E-state index in [1.54, 1.807) is 12.1 Å². The molecule has 41 nitrogen and oxygen atoms in total. The molecule has 128 heavy (non-hydrogen) atoms. The van der Waals surface area contributed by atoms with Crippen LogP contribution in [-0.4, -0.2) is 231 Å². The number of esters is 2. The van der Waals surface area contributed by atoms with Gasteiger partial charge in [0, 0.05) is 110 Å². The van der Waals surface area contributed by atoms with Crippen LogP contribution in [0.25, 0.3) is 11.2 Å². The van der Waals surface area contributed by atoms with Gasteiger partial charge in [-0.1, -0.05) is 95.0 Å². The van der Waals surface area contributed by atoms with E-state index in [0.717, 1.165) is 52.3 Å². The van der Waals surface area contributed by atoms with Crippen molar-refractivity contribution < 1.29 is 107 Å². The van der Waals surface area contributed by atoms with Crippen molar-refractivity contribution in [3.63, 3.8) is 0 Å². The predicted molar refractivity (Wildman–Crippen MR) is 473 cm³/mol. The van der Waals surface area contributed by atoms with Gasteiger partial charge in [-0.3, -0.25) is 87.8 Å². The third-order valence-corrected chi connectivity index (χ3v) is 24.6. The summed E-state index contributed by atoms with van der Waals surface area (Å²) in [5, 5.41) is 65.0. The minimum atomic E-state index is -1.80. The first-order valence-electron chi connectivity index (χ1n) is 42.0. The van der Waals surface area contributed by atoms with Gasteiger partial charge < -0.3 is 82.9 Å². The molecule has 2 aromatic carbocycles. The van der Waals surface area contributed by atoms with Crippen LogP contribution in [0.5, 0.6) is 5.75 Å². The van der Waals surface area contributed by atoms with Crippen LogP contribution in [0.1, 0.15) is 202 Å². The first kappa shape index (κ1) is 105. The Balaban J connectivity index is 0.990. The molecule has 4 heterocycles. The van der Waals surface area contributed by atoms with Crippen molar-refractivity contribution in [2.45, 2.75) is 214 Å². The van der Waals surface area contributed by atoms with Crippen molar-refractivity contribution in [1.29, 1.82) is 5.41 Å². The number of Topliss-reactive ketones (excluding diaryl/α,β-unsaturated/α-hetero) is 3. The number of rotatable bonds is 54. The summed E-state index contributed by atoms with van der Waals surface area (Å²) in [7, 11) is 3.90. The van der Waals surface area contributed by atoms with Crippen LogP contribution >= 0.6 is 32.9 Å². The summed E-state index contributed by atoms with van der Waals surface area (Å²) in [5.41, 5.74) is 16.4. The lowest BCUT2D eigenvalue weighted by Crippen LogP contribution is -2.50. The third kappa shape index (κ3) is 35.4. The number of amides is 7. The fraction of sp³-hybridized carbons (Fsp3) is 0.560. The highest BCUT2D eigenvalue weighted by molar-refractivity contribution is 8.76. The number of phenols is 1. The number of carboxylic acid groups (broad SMARTS) is 3. The Kier molecular flexibility index (Phi) is 42.9. The number of ketones is 3. The first-order chi connectivity index (χ1) is 60.6. The summed E-state index contributed by atoms with van der Waals surface area (Å²) in [6.45, 7) is 15.5. The lowest BCUT2D eigenvalue weighted by atomic mass is 9.82. The number of aromatic nitrogens is 5. The van der Waals surface area contributed by atoms with Gasteiger partial charge in [0.15, 0.2) is 47.3 Å². The average Bonchev–Trinajstić information content (AvgIpc) is 1.66. The normalized spacial score (nSPS) is 15.3. The van der Waals surface area contributed by atoms with Crippen molar-refractivity contribution >= 4 is 150 Å². The number of ether oxygens (including phenoxy) is 3. The quantitative estimate of drug-likeness (QED) is 0.00324. The molecular weight excluding hydrogens is 1730 g/mol. The number of phenolic OH excluding ortho intramolecular Hbond substituents is 1. The number of nitrogens with one attached hydrogen (secondary N) is 10. The van der Waals surface area contributed by atoms with Crippen LogP contribution in [0.2, 0.25) is 0 Å². The zero-order valence-corrected chi connectivity index (χ0v) is 75.7. The number of hydrogen-bond acceptors (Lipinski definition) is 31. The second-order valence-electron chi connectivity index (χ2n) is 32.3. The van der Waals surface area contributed by atoms with E-state index in [1.165, 1.54) is 73.6 Å². The largest absolute Gasteiger partial charge is 0.508 e. The van der Waals surface area contributed by atoms with Crippen molar-refractivity contribution in [2.24, 2.45) is 47.2 Å². The van der Waals surface area contributed by atoms with Gasteiger partial charge in [-0.25, -0.2) is 30.0 Å². The van der Waals surface area contributed by atoms with Crippen molar-refractivity contribution in [3.05, 3.63) is 98.0 Å². The molecule has 1 unspecified atom stereocenters. The Morgan fingerprint density at radius 2 is 1.47 bits per heavy atom. The number of likely N-dealkylation sites (tertiary alicyclic amines) is 1. The number of benzene rings is 2. The van der Waals surface area contributed by atoms with Gasteiger partial charge in [0.2, 0.25) is 29.6 Å². The molecule has 0 bridgehead atoms. The highest BCUT2D eigenvalue weighted by Crippen LogP contribution is 2.35. The van der Waals surface area contributed by atoms with E-state index >= 15 is 4.79 Å². The highest BCUT2D eigenvalue weighted by atomic mass is 33.1. The molecule has 1 saturated heterocycles. The summed E-state index contributed by atoms with van der Waals surface area (Å²) in [4.78, 5) is 236. The van der Waals surface area contributed by atoms with Gasteiger partial charge >= 0.3 is 35.9 Å². The number of nitrogens with zero attached hydrogens (tertiary/aromatic N) is 6. The second-order valence-corrected chi connectivity index (χ2v) is 35.8. The number of carbonyl (C=O) groups is 15. The fourth-order valence-electron chi connectivity index (χ4n) is 14.0. The number of guanidine groups is 1. The number of aromatic amines is 1. The van der Waals surface area contributed by atoms with Gasteiger partial charge in [-0.05, 0) is 125 Å². The number of carboxylic acids is 3. The van der Waals surface area contributed by atoms with E-state index in [9.17, 15) is 92.3 Å². The number of hydrogen-bond donors (Lipinski definition) is 16. The molecule has 0 saturated carbocycles. The molecule has 700 valence electrons. The van der Waals surface area contributed by atoms with Crippen molar-refractivity contribution in [1.82, 2.24) is 72.2 Å². The standard InChI is InChI=1S/C84H118N18O23S3/c1-11-46(6)58(36-66(107)62-16-12-13-28-101(62)10)79(117)102(43-124-70(111)31-44(2)3)63(45(4)5)38-67(125-49(9)103)78-96-61(42-126-78)76(115)93-55(33-50-17-23-57(104)24-18-50)32-47(7)73(112)99-100-84(122)123-29-30-127-128-41-53(80(118)119)35-65(106)60(37-69(109)110)95-75(114)52(15-14-27-88-82(85)86)34-64(105)48(8)91-68(108)26-25-59(81(120)121)94-74(113)51-19-21-54(22-20-51)89-39-56-40-90-72-71(92-56)77(116)98-83(87)97-72/h17-24,40,42,44-48,52-53,55,58-60,62-63,67,89,104H,11-16,25-39,41,43H2,1-10H3,(H,91,108)(H,93,115)(H,94,113)(H,95,114)(H,99,112)(H,100,122)(H,109,110)(H,118,119)(H,120,121)(H4,85,86,88)(H3,87,90,97,98,116)/t46?,47-,48-,52+,53-,55+,58-,59-,60-,62+,63+,67+/m0/s1. The molecule has 6 rings (SSSR count). The lowest BCUT2D eigenvalue weighted by Gasteiger charge is -2.39. The number of nitrogen functional groups attached to an aromatic ring is 1. The number of aliphatic carboxylic acids is 3. The van der Waals surface area contributed by atoms with Crippen LogP contribution in [0, 0.1) is 46.8 Å². The van der Waals surface area contributed by atoms with Gasteiger partial charge in [0.1, 0.15) is 29.1 Å². The second kappa shape index (κ2) is 52.4. The van der Waals surface area contributed by atoms with Crippen molar-refractivity contribution in [3.8, 4) is 5.75 Å². The maximum Gasteiger partial charge on any atom is 0.426 e. The minimum Gasteiger partial charge on any atom is -0.508 e. The Bertz CT molecular complexity index is 4750. The molecule has 7 amide bonds. The van der Waals surface area contributed by atoms with E-state index in [2.05, 4.69) is 67.7 Å². The van der Waals surface area contributed by atoms with Crippen LogP contribution in [0.15, 0.2) is 64.9 Å². The Morgan fingerprint density at radius 3 is 2.11 bits per heavy atom. The van der Waals surface area contributed by atoms with Crippen LogP contribution < -0.4 is 59.8 Å². The molecule has 3 aromatic heterocycles. The van der Waals surface area contributed by atoms with Crippen molar-refractivity contribution in [2.75, 3.05) is 56.0 Å². The number of aromatic hydroxyl groups is 1. The minimum absolute atomic E-state index is 0.0260. The zero-order chi connectivity index (χ0) is 94.6. The van der Waals surface area contributed by atoms with Crippen LogP contribution in [0.4, 0.5) is 16.4 Å². The van der Waals surface area contributed by atoms with Gasteiger partial charge in [-0.15, -0.1) is 11.3 Å². The van der Waals surface area contributed by atoms with Gasteiger partial charge in [0.25, 0.3) is 17.4 Å². The van der Waals surface area contributed by atoms with Gasteiger partial charge in [-0.2, -0.15) is 4.98 Å². The first-order valence-corrected chi connectivity index (χ1v) is 45.4. The number of thiazole rings is 1. The number of nitrogens with two attached hydrogens (primary N) is 2.